The number of benzene rings is 2. The van der Waals surface area contributed by atoms with Gasteiger partial charge in [0.05, 0.1) is 18.7 Å². The number of hydrogen-bond donors (Lipinski definition) is 2. The minimum absolute atomic E-state index is 0.0600. The Balaban J connectivity index is 1.82. The molecule has 0 radical (unpaired) electrons. The number of methoxy groups -OCH3 is 1. The van der Waals surface area contributed by atoms with E-state index in [-0.39, 0.29) is 23.5 Å². The number of urea groups is 1. The van der Waals surface area contributed by atoms with Crippen LogP contribution in [0.25, 0.3) is 17.0 Å². The van der Waals surface area contributed by atoms with E-state index in [0.717, 1.165) is 0 Å². The van der Waals surface area contributed by atoms with Gasteiger partial charge >= 0.3 is 6.03 Å². The number of amides is 2. The fraction of sp³-hybridized carbons (Fsp3) is 0.227. The first-order valence-corrected chi connectivity index (χ1v) is 9.68. The number of carbonyl (C=O) groups excluding carboxylic acids is 1. The number of aromatic hydroxyl groups is 1. The molecule has 8 nitrogen and oxygen atoms in total. The van der Waals surface area contributed by atoms with Crippen molar-refractivity contribution in [2.24, 2.45) is 0 Å². The number of hydrogen-bond acceptors (Lipinski definition) is 6. The molecule has 2 N–H and O–H groups in total. The van der Waals surface area contributed by atoms with Crippen LogP contribution in [-0.2, 0) is 0 Å². The number of phenolic OH excluding ortho intramolecular Hbond substituents is 1. The molecule has 0 spiro atoms. The second-order valence-corrected chi connectivity index (χ2v) is 6.99. The lowest BCUT2D eigenvalue weighted by Crippen LogP contribution is -2.45. The van der Waals surface area contributed by atoms with Gasteiger partial charge in [-0.25, -0.2) is 9.18 Å². The summed E-state index contributed by atoms with van der Waals surface area (Å²) in [5.74, 6) is 0.263. The van der Waals surface area contributed by atoms with Crippen molar-refractivity contribution in [1.82, 2.24) is 20.4 Å². The molecular weight excluding hydrogens is 403 g/mol. The summed E-state index contributed by atoms with van der Waals surface area (Å²) in [5, 5.41) is 17.2. The lowest BCUT2D eigenvalue weighted by Gasteiger charge is -2.34. The van der Waals surface area contributed by atoms with Gasteiger partial charge in [0.1, 0.15) is 5.82 Å². The van der Waals surface area contributed by atoms with E-state index in [9.17, 15) is 14.3 Å². The number of aromatic nitrogens is 2. The molecule has 2 aromatic carbocycles. The van der Waals surface area contributed by atoms with Crippen molar-refractivity contribution in [2.75, 3.05) is 13.7 Å². The van der Waals surface area contributed by atoms with E-state index in [2.05, 4.69) is 15.5 Å². The highest BCUT2D eigenvalue weighted by molar-refractivity contribution is 5.87. The molecule has 160 valence electrons. The summed E-state index contributed by atoms with van der Waals surface area (Å²) in [7, 11) is 1.46. The highest BCUT2D eigenvalue weighted by atomic mass is 19.1. The summed E-state index contributed by atoms with van der Waals surface area (Å²) in [4.78, 5) is 18.7. The first-order valence-electron chi connectivity index (χ1n) is 9.68. The lowest BCUT2D eigenvalue weighted by atomic mass is 9.94. The monoisotopic (exact) mass is 424 g/mol. The third kappa shape index (κ3) is 3.70. The molecule has 1 atom stereocenters. The van der Waals surface area contributed by atoms with E-state index in [1.807, 2.05) is 6.92 Å². The molecule has 1 aliphatic rings. The maximum Gasteiger partial charge on any atom is 0.322 e. The SMILES string of the molecule is CCN1C(=O)NC(c2ccc(OC)c(O)c2)C(c2nc(-c3cccc(F)c3)no2)=C1C. The Morgan fingerprint density at radius 3 is 2.77 bits per heavy atom. The zero-order valence-electron chi connectivity index (χ0n) is 17.2. The molecule has 0 saturated heterocycles. The molecule has 0 aliphatic carbocycles. The van der Waals surface area contributed by atoms with Gasteiger partial charge in [0, 0.05) is 17.8 Å². The lowest BCUT2D eigenvalue weighted by molar-refractivity contribution is 0.207. The Kier molecular flexibility index (Phi) is 5.33. The van der Waals surface area contributed by atoms with Crippen molar-refractivity contribution < 1.29 is 23.6 Å². The standard InChI is InChI=1S/C22H21FN4O4/c1-4-27-12(2)18(21-25-20(26-31-21)14-6-5-7-15(23)10-14)19(24-22(27)29)13-8-9-17(30-3)16(28)11-13/h5-11,19,28H,4H2,1-3H3,(H,24,29). The molecule has 2 amide bonds. The highest BCUT2D eigenvalue weighted by Crippen LogP contribution is 2.39. The zero-order valence-corrected chi connectivity index (χ0v) is 17.2. The molecule has 9 heteroatoms. The highest BCUT2D eigenvalue weighted by Gasteiger charge is 2.35. The van der Waals surface area contributed by atoms with Gasteiger partial charge in [0.25, 0.3) is 5.89 Å². The average molecular weight is 424 g/mol. The van der Waals surface area contributed by atoms with Crippen LogP contribution in [0.1, 0.15) is 31.3 Å². The van der Waals surface area contributed by atoms with Crippen LogP contribution in [0.5, 0.6) is 11.5 Å². The molecule has 4 rings (SSSR count). The second kappa shape index (κ2) is 8.10. The van der Waals surface area contributed by atoms with Crippen LogP contribution in [0.4, 0.5) is 9.18 Å². The van der Waals surface area contributed by atoms with E-state index < -0.39 is 11.9 Å². The summed E-state index contributed by atoms with van der Waals surface area (Å²) in [6.07, 6.45) is 0. The number of nitrogens with one attached hydrogen (secondary N) is 1. The number of halogens is 1. The number of allylic oxidation sites excluding steroid dienone is 1. The fourth-order valence-electron chi connectivity index (χ4n) is 3.65. The minimum Gasteiger partial charge on any atom is -0.504 e. The molecule has 0 saturated carbocycles. The van der Waals surface area contributed by atoms with Crippen LogP contribution < -0.4 is 10.1 Å². The van der Waals surface area contributed by atoms with Crippen LogP contribution in [0.3, 0.4) is 0 Å². The van der Waals surface area contributed by atoms with Gasteiger partial charge in [-0.05, 0) is 43.7 Å². The van der Waals surface area contributed by atoms with Crippen molar-refractivity contribution in [3.63, 3.8) is 0 Å². The van der Waals surface area contributed by atoms with Crippen LogP contribution in [-0.4, -0.2) is 39.8 Å². The first-order chi connectivity index (χ1) is 14.9. The topological polar surface area (TPSA) is 101 Å². The summed E-state index contributed by atoms with van der Waals surface area (Å²) >= 11 is 0. The summed E-state index contributed by atoms with van der Waals surface area (Å²) in [6.45, 7) is 4.08. The van der Waals surface area contributed by atoms with Gasteiger partial charge in [-0.2, -0.15) is 4.98 Å². The van der Waals surface area contributed by atoms with Gasteiger partial charge in [-0.1, -0.05) is 23.4 Å². The van der Waals surface area contributed by atoms with Crippen molar-refractivity contribution in [3.05, 3.63) is 65.4 Å². The number of phenols is 1. The summed E-state index contributed by atoms with van der Waals surface area (Å²) in [6, 6.07) is 9.83. The first kappa shape index (κ1) is 20.4. The predicted octanol–water partition coefficient (Wildman–Crippen LogP) is 4.11. The van der Waals surface area contributed by atoms with Crippen LogP contribution in [0, 0.1) is 5.82 Å². The quantitative estimate of drug-likeness (QED) is 0.639. The van der Waals surface area contributed by atoms with Gasteiger partial charge < -0.3 is 19.7 Å². The third-order valence-corrected chi connectivity index (χ3v) is 5.19. The van der Waals surface area contributed by atoms with Crippen LogP contribution in [0.15, 0.2) is 52.7 Å². The number of nitrogens with zero attached hydrogens (tertiary/aromatic N) is 3. The molecule has 3 aromatic rings. The second-order valence-electron chi connectivity index (χ2n) is 6.99. The molecular formula is C22H21FN4O4. The molecule has 0 bridgehead atoms. The predicted molar refractivity (Wildman–Crippen MR) is 111 cm³/mol. The van der Waals surface area contributed by atoms with Gasteiger partial charge in [0.15, 0.2) is 11.5 Å². The zero-order chi connectivity index (χ0) is 22.1. The number of rotatable bonds is 5. The average Bonchev–Trinajstić information content (AvgIpc) is 3.23. The molecule has 0 fully saturated rings. The van der Waals surface area contributed by atoms with Crippen molar-refractivity contribution in [3.8, 4) is 22.9 Å². The summed E-state index contributed by atoms with van der Waals surface area (Å²) < 4.78 is 24.2. The Hall–Kier alpha value is -3.88. The van der Waals surface area contributed by atoms with E-state index in [1.54, 1.807) is 36.1 Å². The Morgan fingerprint density at radius 1 is 1.29 bits per heavy atom. The Bertz CT molecular complexity index is 1170. The molecule has 31 heavy (non-hydrogen) atoms. The number of ether oxygens (including phenoxy) is 1. The van der Waals surface area contributed by atoms with Gasteiger partial charge in [-0.3, -0.25) is 4.90 Å². The normalized spacial score (nSPS) is 16.5. The molecule has 1 aliphatic heterocycles. The smallest absolute Gasteiger partial charge is 0.322 e. The van der Waals surface area contributed by atoms with Crippen LogP contribution in [0.2, 0.25) is 0 Å². The molecule has 1 unspecified atom stereocenters. The minimum atomic E-state index is -0.645. The van der Waals surface area contributed by atoms with E-state index in [0.29, 0.717) is 34.7 Å². The van der Waals surface area contributed by atoms with E-state index >= 15 is 0 Å². The maximum absolute atomic E-state index is 13.6. The molecule has 2 heterocycles. The Labute approximate surface area is 177 Å². The van der Waals surface area contributed by atoms with Crippen molar-refractivity contribution in [1.29, 1.82) is 0 Å². The molecule has 1 aromatic heterocycles. The third-order valence-electron chi connectivity index (χ3n) is 5.19. The van der Waals surface area contributed by atoms with E-state index in [1.165, 1.54) is 25.3 Å². The Morgan fingerprint density at radius 2 is 2.10 bits per heavy atom. The van der Waals surface area contributed by atoms with E-state index in [4.69, 9.17) is 9.26 Å². The van der Waals surface area contributed by atoms with Crippen molar-refractivity contribution in [2.45, 2.75) is 19.9 Å². The fourth-order valence-corrected chi connectivity index (χ4v) is 3.65. The van der Waals surface area contributed by atoms with Gasteiger partial charge in [-0.15, -0.1) is 0 Å². The maximum atomic E-state index is 13.6. The van der Waals surface area contributed by atoms with Crippen LogP contribution >= 0.6 is 0 Å². The number of carbonyl (C=O) groups is 1. The largest absolute Gasteiger partial charge is 0.504 e. The van der Waals surface area contributed by atoms with Crippen molar-refractivity contribution >= 4 is 11.6 Å². The summed E-state index contributed by atoms with van der Waals surface area (Å²) in [5.41, 5.74) is 2.31. The van der Waals surface area contributed by atoms with Gasteiger partial charge in [0.2, 0.25) is 5.82 Å².